The Hall–Kier alpha value is -1.55. The smallest absolute Gasteiger partial charge is 0.260 e. The van der Waals surface area contributed by atoms with Crippen LogP contribution in [-0.2, 0) is 11.2 Å². The summed E-state index contributed by atoms with van der Waals surface area (Å²) >= 11 is 0. The molecule has 116 valence electrons. The Morgan fingerprint density at radius 2 is 1.95 bits per heavy atom. The van der Waals surface area contributed by atoms with E-state index >= 15 is 0 Å². The lowest BCUT2D eigenvalue weighted by Crippen LogP contribution is -2.37. The number of carbonyl (C=O) groups excluding carboxylic acids is 1. The van der Waals surface area contributed by atoms with Crippen molar-refractivity contribution in [3.8, 4) is 5.75 Å². The highest BCUT2D eigenvalue weighted by Gasteiger charge is 2.26. The second kappa shape index (κ2) is 7.46. The first-order valence-electron chi connectivity index (χ1n) is 7.88. The van der Waals surface area contributed by atoms with Gasteiger partial charge in [-0.25, -0.2) is 0 Å². The van der Waals surface area contributed by atoms with Crippen molar-refractivity contribution in [3.05, 3.63) is 29.8 Å². The maximum atomic E-state index is 11.8. The van der Waals surface area contributed by atoms with Crippen molar-refractivity contribution in [2.45, 2.75) is 58.2 Å². The zero-order chi connectivity index (χ0) is 15.2. The lowest BCUT2D eigenvalue weighted by atomic mass is 10.1. The van der Waals surface area contributed by atoms with Gasteiger partial charge in [-0.15, -0.1) is 0 Å². The van der Waals surface area contributed by atoms with Gasteiger partial charge >= 0.3 is 0 Å². The number of carbonyl (C=O) groups is 1. The first kappa shape index (κ1) is 15.8. The largest absolute Gasteiger partial charge is 0.481 e. The molecule has 1 aromatic rings. The zero-order valence-corrected chi connectivity index (χ0v) is 13.2. The van der Waals surface area contributed by atoms with Gasteiger partial charge in [0.25, 0.3) is 5.91 Å². The molecule has 0 spiro atoms. The molecule has 1 aliphatic carbocycles. The Morgan fingerprint density at radius 1 is 1.29 bits per heavy atom. The van der Waals surface area contributed by atoms with Crippen LogP contribution in [0, 0.1) is 0 Å². The van der Waals surface area contributed by atoms with Crippen LogP contribution in [0.25, 0.3) is 0 Å². The van der Waals surface area contributed by atoms with E-state index in [-0.39, 0.29) is 5.91 Å². The van der Waals surface area contributed by atoms with Crippen molar-refractivity contribution in [3.63, 3.8) is 0 Å². The van der Waals surface area contributed by atoms with E-state index in [0.717, 1.165) is 31.6 Å². The van der Waals surface area contributed by atoms with Gasteiger partial charge < -0.3 is 15.4 Å². The third-order valence-corrected chi connectivity index (χ3v) is 3.62. The molecule has 1 saturated carbocycles. The summed E-state index contributed by atoms with van der Waals surface area (Å²) in [5.41, 5.74) is 1.27. The number of hydrogen-bond donors (Lipinski definition) is 2. The minimum Gasteiger partial charge on any atom is -0.481 e. The van der Waals surface area contributed by atoms with Gasteiger partial charge in [-0.05, 0) is 57.4 Å². The predicted molar refractivity (Wildman–Crippen MR) is 84.5 cm³/mol. The second-order valence-corrected chi connectivity index (χ2v) is 5.85. The molecule has 2 rings (SSSR count). The minimum atomic E-state index is -0.447. The van der Waals surface area contributed by atoms with Crippen LogP contribution in [0.1, 0.15) is 39.2 Å². The molecule has 0 radical (unpaired) electrons. The van der Waals surface area contributed by atoms with E-state index in [4.69, 9.17) is 4.74 Å². The highest BCUT2D eigenvalue weighted by Crippen LogP contribution is 2.19. The van der Waals surface area contributed by atoms with Crippen LogP contribution >= 0.6 is 0 Å². The van der Waals surface area contributed by atoms with Gasteiger partial charge in [-0.1, -0.05) is 19.1 Å². The number of amides is 1. The molecule has 4 nitrogen and oxygen atoms in total. The summed E-state index contributed by atoms with van der Waals surface area (Å²) in [7, 11) is 0. The Bertz CT molecular complexity index is 454. The number of nitrogens with one attached hydrogen (secondary N) is 2. The number of benzene rings is 1. The van der Waals surface area contributed by atoms with Crippen LogP contribution < -0.4 is 15.4 Å². The summed E-state index contributed by atoms with van der Waals surface area (Å²) < 4.78 is 5.68. The highest BCUT2D eigenvalue weighted by molar-refractivity contribution is 5.81. The van der Waals surface area contributed by atoms with E-state index in [2.05, 4.69) is 36.6 Å². The Labute approximate surface area is 127 Å². The lowest BCUT2D eigenvalue weighted by molar-refractivity contribution is -0.127. The predicted octanol–water partition coefficient (Wildman–Crippen LogP) is 2.27. The molecule has 0 aromatic heterocycles. The van der Waals surface area contributed by atoms with Gasteiger partial charge in [0.05, 0.1) is 0 Å². The van der Waals surface area contributed by atoms with E-state index in [1.807, 2.05) is 12.1 Å². The fourth-order valence-electron chi connectivity index (χ4n) is 2.28. The summed E-state index contributed by atoms with van der Waals surface area (Å²) in [4.78, 5) is 11.8. The van der Waals surface area contributed by atoms with E-state index in [0.29, 0.717) is 12.1 Å². The van der Waals surface area contributed by atoms with Crippen molar-refractivity contribution in [2.24, 2.45) is 0 Å². The lowest BCUT2D eigenvalue weighted by Gasteiger charge is -2.15. The van der Waals surface area contributed by atoms with Crippen molar-refractivity contribution in [1.29, 1.82) is 0 Å². The number of ether oxygens (including phenoxy) is 1. The average Bonchev–Trinajstić information content (AvgIpc) is 3.25. The third-order valence-electron chi connectivity index (χ3n) is 3.62. The quantitative estimate of drug-likeness (QED) is 0.772. The first-order valence-corrected chi connectivity index (χ1v) is 7.88. The van der Waals surface area contributed by atoms with Gasteiger partial charge in [-0.3, -0.25) is 4.79 Å². The van der Waals surface area contributed by atoms with Crippen molar-refractivity contribution >= 4 is 5.91 Å². The van der Waals surface area contributed by atoms with Crippen LogP contribution in [0.2, 0.25) is 0 Å². The van der Waals surface area contributed by atoms with Crippen LogP contribution in [0.3, 0.4) is 0 Å². The van der Waals surface area contributed by atoms with Gasteiger partial charge in [0.2, 0.25) is 0 Å². The molecule has 0 bridgehead atoms. The van der Waals surface area contributed by atoms with Crippen molar-refractivity contribution in [2.75, 3.05) is 6.54 Å². The molecule has 0 heterocycles. The number of hydrogen-bond acceptors (Lipinski definition) is 3. The Kier molecular flexibility index (Phi) is 5.62. The second-order valence-electron chi connectivity index (χ2n) is 5.85. The molecule has 1 aliphatic rings. The number of likely N-dealkylation sites (N-methyl/N-ethyl adjacent to an activating group) is 1. The fraction of sp³-hybridized carbons (Fsp3) is 0.588. The van der Waals surface area contributed by atoms with Crippen LogP contribution in [0.15, 0.2) is 24.3 Å². The van der Waals surface area contributed by atoms with Crippen molar-refractivity contribution < 1.29 is 9.53 Å². The Morgan fingerprint density at radius 3 is 2.52 bits per heavy atom. The topological polar surface area (TPSA) is 50.4 Å². The minimum absolute atomic E-state index is 0.0256. The van der Waals surface area contributed by atoms with Gasteiger partial charge in [0.15, 0.2) is 6.10 Å². The van der Waals surface area contributed by atoms with E-state index in [9.17, 15) is 4.79 Å². The summed E-state index contributed by atoms with van der Waals surface area (Å²) in [6, 6.07) is 8.84. The van der Waals surface area contributed by atoms with Gasteiger partial charge in [0, 0.05) is 12.1 Å². The molecule has 4 heteroatoms. The van der Waals surface area contributed by atoms with E-state index < -0.39 is 6.10 Å². The van der Waals surface area contributed by atoms with Gasteiger partial charge in [0.1, 0.15) is 5.75 Å². The van der Waals surface area contributed by atoms with Crippen molar-refractivity contribution in [1.82, 2.24) is 10.6 Å². The molecule has 1 fully saturated rings. The number of rotatable bonds is 8. The van der Waals surface area contributed by atoms with E-state index in [1.165, 1.54) is 5.56 Å². The maximum absolute atomic E-state index is 11.8. The van der Waals surface area contributed by atoms with Crippen LogP contribution in [0.5, 0.6) is 5.75 Å². The highest BCUT2D eigenvalue weighted by atomic mass is 16.5. The van der Waals surface area contributed by atoms with Crippen LogP contribution in [0.4, 0.5) is 0 Å². The van der Waals surface area contributed by atoms with Crippen LogP contribution in [-0.4, -0.2) is 30.6 Å². The molecule has 1 aromatic carbocycles. The molecule has 2 unspecified atom stereocenters. The molecule has 1 amide bonds. The summed E-state index contributed by atoms with van der Waals surface area (Å²) in [6.45, 7) is 7.06. The molecule has 2 N–H and O–H groups in total. The standard InChI is InChI=1S/C17H26N2O2/c1-4-18-12(2)11-14-5-9-16(10-6-14)21-13(3)17(20)19-15-7-8-15/h5-6,9-10,12-13,15,18H,4,7-8,11H2,1-3H3,(H,19,20). The molecular weight excluding hydrogens is 264 g/mol. The SMILES string of the molecule is CCNC(C)Cc1ccc(OC(C)C(=O)NC2CC2)cc1. The average molecular weight is 290 g/mol. The van der Waals surface area contributed by atoms with E-state index in [1.54, 1.807) is 6.92 Å². The Balaban J connectivity index is 1.82. The first-order chi connectivity index (χ1) is 10.1. The third kappa shape index (κ3) is 5.38. The monoisotopic (exact) mass is 290 g/mol. The zero-order valence-electron chi connectivity index (χ0n) is 13.2. The molecule has 21 heavy (non-hydrogen) atoms. The summed E-state index contributed by atoms with van der Waals surface area (Å²) in [5.74, 6) is 0.718. The normalized spacial score (nSPS) is 17.1. The molecule has 0 aliphatic heterocycles. The van der Waals surface area contributed by atoms with Gasteiger partial charge in [-0.2, -0.15) is 0 Å². The fourth-order valence-corrected chi connectivity index (χ4v) is 2.28. The molecular formula is C17H26N2O2. The molecule has 0 saturated heterocycles. The maximum Gasteiger partial charge on any atom is 0.260 e. The molecule has 2 atom stereocenters. The summed E-state index contributed by atoms with van der Waals surface area (Å²) in [5, 5.41) is 6.35. The summed E-state index contributed by atoms with van der Waals surface area (Å²) in [6.07, 6.45) is 2.73.